The Bertz CT molecular complexity index is 3550. The fraction of sp³-hybridized carbons (Fsp3) is 0.138. The smallest absolute Gasteiger partial charge is 0.870 e. The van der Waals surface area contributed by atoms with Crippen LogP contribution in [-0.2, 0) is 19.2 Å². The van der Waals surface area contributed by atoms with E-state index in [2.05, 4.69) is 10.6 Å². The molecule has 434 valence electrons. The number of anilines is 3. The third-order valence-electron chi connectivity index (χ3n) is 12.8. The molecule has 21 heteroatoms. The normalized spacial score (nSPS) is 13.1. The molecule has 14 nitrogen and oxygen atoms in total. The molecular weight excluding hydrogens is 1210 g/mol. The molecule has 86 heavy (non-hydrogen) atoms. The van der Waals surface area contributed by atoms with E-state index in [1.54, 1.807) is 140 Å². The van der Waals surface area contributed by atoms with Crippen LogP contribution >= 0.6 is 41.7 Å². The summed E-state index contributed by atoms with van der Waals surface area (Å²) in [6, 6.07) is 60.2. The number of hydrogen-bond acceptors (Lipinski definition) is 11. The number of amides is 2. The number of fused-ring (bicyclic) bond motifs is 2. The van der Waals surface area contributed by atoms with Crippen LogP contribution in [-0.4, -0.2) is 68.3 Å². The van der Waals surface area contributed by atoms with Crippen molar-refractivity contribution in [3.63, 3.8) is 0 Å². The van der Waals surface area contributed by atoms with Gasteiger partial charge in [0.2, 0.25) is 11.8 Å². The van der Waals surface area contributed by atoms with Crippen molar-refractivity contribution >= 4 is 117 Å². The minimum atomic E-state index is -1.72. The van der Waals surface area contributed by atoms with Gasteiger partial charge in [0.1, 0.15) is 0 Å². The Morgan fingerprint density at radius 2 is 0.860 bits per heavy atom. The molecule has 6 N–H and O–H groups in total. The Balaban J connectivity index is 0.000000535. The number of carbonyl (C=O) groups is 8. The minimum absolute atomic E-state index is 0. The van der Waals surface area contributed by atoms with Gasteiger partial charge in [-0.3, -0.25) is 33.6 Å². The summed E-state index contributed by atoms with van der Waals surface area (Å²) in [5.74, 6) is -3.98. The minimum Gasteiger partial charge on any atom is -0.870 e. The molecule has 2 heterocycles. The summed E-state index contributed by atoms with van der Waals surface area (Å²) in [5, 5.41) is 25.2. The molecule has 2 amide bonds. The fourth-order valence-electron chi connectivity index (χ4n) is 8.08. The van der Waals surface area contributed by atoms with Crippen LogP contribution in [0.25, 0.3) is 0 Å². The Morgan fingerprint density at radius 3 is 1.27 bits per heavy atom. The van der Waals surface area contributed by atoms with Crippen LogP contribution in [0, 0.1) is 0 Å². The van der Waals surface area contributed by atoms with E-state index >= 15 is 0 Å². The van der Waals surface area contributed by atoms with Crippen molar-refractivity contribution in [1.29, 1.82) is 0 Å². The largest absolute Gasteiger partial charge is 1.00 e. The molecule has 0 aromatic heterocycles. The van der Waals surface area contributed by atoms with E-state index in [4.69, 9.17) is 52.6 Å². The topological polar surface area (TPSA) is 260 Å². The second-order valence-corrected chi connectivity index (χ2v) is 25.1. The van der Waals surface area contributed by atoms with Crippen molar-refractivity contribution in [3.8, 4) is 0 Å². The number of ketones is 3. The van der Waals surface area contributed by atoms with Gasteiger partial charge in [0.25, 0.3) is 5.24 Å². The van der Waals surface area contributed by atoms with Gasteiger partial charge in [-0.2, -0.15) is 0 Å². The molecule has 2 aliphatic rings. The van der Waals surface area contributed by atoms with Gasteiger partial charge in [-0.25, -0.2) is 30.1 Å². The summed E-state index contributed by atoms with van der Waals surface area (Å²) >= 11 is 3.44. The van der Waals surface area contributed by atoms with E-state index in [1.807, 2.05) is 80.6 Å². The SMILES string of the molecule is C.CC(C(=O)O)c1cccc(C(=O)c2ccccc2)c1.CC(C(=O)[O-])c1cc(C(=O)c2ccccc2)ccc1N.CC1C(=O)Nc2ccc(C(=O)c3ccccc3)cc21.CC1C(=O)Nc2ccccc21.O=C(Cl)c1ccccc1.[Cl][Al]([Cl])[Cl].[Na+].[Na+].[OH-]. The molecule has 8 aromatic carbocycles. The molecule has 0 bridgehead atoms. The van der Waals surface area contributed by atoms with Gasteiger partial charge >= 0.3 is 76.5 Å². The van der Waals surface area contributed by atoms with Gasteiger partial charge in [0.15, 0.2) is 17.3 Å². The van der Waals surface area contributed by atoms with E-state index in [0.717, 1.165) is 22.5 Å². The predicted molar refractivity (Wildman–Crippen MR) is 332 cm³/mol. The first-order valence-electron chi connectivity index (χ1n) is 25.3. The first kappa shape index (κ1) is 77.8. The Morgan fingerprint density at radius 1 is 0.500 bits per heavy atom. The quantitative estimate of drug-likeness (QED) is 0.0428. The summed E-state index contributed by atoms with van der Waals surface area (Å²) in [5.41, 5.74) is 14.8. The molecular formula is C65H60AlCl4N3Na2O11. The van der Waals surface area contributed by atoms with Gasteiger partial charge < -0.3 is 36.9 Å². The van der Waals surface area contributed by atoms with Crippen LogP contribution in [0.3, 0.4) is 0 Å². The number of aliphatic carboxylic acids is 2. The number of benzene rings is 8. The van der Waals surface area contributed by atoms with Crippen LogP contribution in [0.1, 0.15) is 139 Å². The molecule has 0 fully saturated rings. The molecule has 4 atom stereocenters. The number of carboxylic acid groups (broad SMARTS) is 2. The Hall–Kier alpha value is -6.23. The third-order valence-corrected chi connectivity index (χ3v) is 13.0. The third kappa shape index (κ3) is 23.1. The van der Waals surface area contributed by atoms with E-state index in [0.29, 0.717) is 55.8 Å². The van der Waals surface area contributed by atoms with E-state index in [-0.39, 0.29) is 113 Å². The van der Waals surface area contributed by atoms with Gasteiger partial charge in [-0.05, 0) is 103 Å². The van der Waals surface area contributed by atoms with Crippen LogP contribution in [0.5, 0.6) is 0 Å². The van der Waals surface area contributed by atoms with E-state index < -0.39 is 40.4 Å². The number of para-hydroxylation sites is 1. The zero-order valence-corrected chi connectivity index (χ0v) is 55.4. The first-order valence-corrected chi connectivity index (χ1v) is 30.9. The zero-order valence-electron chi connectivity index (χ0n) is 47.2. The molecule has 10 rings (SSSR count). The fourth-order valence-corrected chi connectivity index (χ4v) is 8.20. The van der Waals surface area contributed by atoms with Gasteiger partial charge in [0.05, 0.1) is 17.8 Å². The number of nitrogens with one attached hydrogen (secondary N) is 2. The molecule has 0 spiro atoms. The number of nitrogens with two attached hydrogens (primary N) is 1. The van der Waals surface area contributed by atoms with Crippen molar-refractivity contribution in [2.24, 2.45) is 0 Å². The van der Waals surface area contributed by atoms with Crippen LogP contribution < -0.4 is 80.6 Å². The van der Waals surface area contributed by atoms with Crippen molar-refractivity contribution < 1.29 is 113 Å². The summed E-state index contributed by atoms with van der Waals surface area (Å²) in [6.07, 6.45) is 0. The van der Waals surface area contributed by atoms with Crippen molar-refractivity contribution in [2.45, 2.75) is 58.8 Å². The average Bonchev–Trinajstić information content (AvgIpc) is 2.56. The van der Waals surface area contributed by atoms with Crippen molar-refractivity contribution in [2.75, 3.05) is 16.4 Å². The number of rotatable bonds is 11. The predicted octanol–water partition coefficient (Wildman–Crippen LogP) is 7.39. The summed E-state index contributed by atoms with van der Waals surface area (Å²) in [6.45, 7) is 6.85. The Labute approximate surface area is 566 Å². The van der Waals surface area contributed by atoms with Gasteiger partial charge in [-0.1, -0.05) is 172 Å². The maximum Gasteiger partial charge on any atom is 1.00 e. The van der Waals surface area contributed by atoms with Gasteiger partial charge in [0, 0.05) is 67.9 Å². The number of nitrogen functional groups attached to an aromatic ring is 1. The Kier molecular flexibility index (Phi) is 35.1. The van der Waals surface area contributed by atoms with Crippen molar-refractivity contribution in [3.05, 3.63) is 267 Å². The standard InChI is InChI=1S/C16H15NO3.C16H13NO2.C16H14O3.C9H9NO.C7H5ClO.CH4.Al.3ClH.2Na.H2O/c1-10(16(19)20)13-9-12(7-8-14(13)17)15(18)11-5-3-2-4-6-11;1-10-13-9-12(7-8-14(13)17-16(10)19)15(18)11-5-3-2-4-6-11;1-11(16(18)19)13-8-5-9-14(10-13)15(17)12-6-3-2-4-7-12;1-6-7-4-2-3-5-8(7)10-9(6)11;8-7(9)6-4-2-1-3-5-6;;;;;;;;/h2-10H,17H2,1H3,(H,19,20);2-10H,1H3,(H,17,19);2-11H,1H3,(H,18,19);2-6H,1H3,(H,10,11);1-5H;1H4;;3*1H;;;1H2/q;;;;;;+3;;;;2*+1;/p-5. The average molecular weight is 1270 g/mol. The summed E-state index contributed by atoms with van der Waals surface area (Å²) in [7, 11) is 14.8. The van der Waals surface area contributed by atoms with Crippen LogP contribution in [0.2, 0.25) is 0 Å². The second kappa shape index (κ2) is 38.8. The number of carboxylic acids is 2. The molecule has 0 aliphatic carbocycles. The maximum absolute atomic E-state index is 12.3. The molecule has 4 unspecified atom stereocenters. The molecule has 2 aliphatic heterocycles. The molecule has 8 aromatic rings. The van der Waals surface area contributed by atoms with Crippen molar-refractivity contribution in [1.82, 2.24) is 0 Å². The monoisotopic (exact) mass is 1270 g/mol. The molecule has 0 radical (unpaired) electrons. The number of hydrogen-bond donors (Lipinski definition) is 4. The number of carbonyl (C=O) groups excluding carboxylic acids is 7. The number of halogens is 4. The van der Waals surface area contributed by atoms with E-state index in [9.17, 15) is 43.5 Å². The first-order chi connectivity index (χ1) is 39.1. The van der Waals surface area contributed by atoms with Crippen LogP contribution in [0.4, 0.5) is 17.1 Å². The summed E-state index contributed by atoms with van der Waals surface area (Å²) in [4.78, 5) is 91.9. The molecule has 0 saturated heterocycles. The second-order valence-electron chi connectivity index (χ2n) is 18.4. The van der Waals surface area contributed by atoms with Gasteiger partial charge in [-0.15, -0.1) is 0 Å². The van der Waals surface area contributed by atoms with E-state index in [1.165, 1.54) is 13.0 Å². The zero-order chi connectivity index (χ0) is 60.0. The summed E-state index contributed by atoms with van der Waals surface area (Å²) < 4.78 is 0. The van der Waals surface area contributed by atoms with Crippen LogP contribution in [0.15, 0.2) is 206 Å². The maximum atomic E-state index is 12.3. The molecule has 0 saturated carbocycles.